The molecular weight excluding hydrogens is 252 g/mol. The van der Waals surface area contributed by atoms with Crippen molar-refractivity contribution < 1.29 is 9.15 Å². The molecule has 1 N–H and O–H groups in total. The van der Waals surface area contributed by atoms with Crippen LogP contribution in [0.15, 0.2) is 10.7 Å². The summed E-state index contributed by atoms with van der Waals surface area (Å²) >= 11 is 0. The van der Waals surface area contributed by atoms with E-state index in [4.69, 9.17) is 9.15 Å². The summed E-state index contributed by atoms with van der Waals surface area (Å²) in [6.07, 6.45) is 5.89. The molecule has 0 aliphatic heterocycles. The van der Waals surface area contributed by atoms with Crippen molar-refractivity contribution in [2.24, 2.45) is 17.8 Å². The highest BCUT2D eigenvalue weighted by molar-refractivity contribution is 5.00. The molecule has 0 aromatic carbocycles. The molecule has 0 spiro atoms. The Bertz CT molecular complexity index is 393. The number of hydrogen-bond acceptors (Lipinski definition) is 4. The third-order valence-corrected chi connectivity index (χ3v) is 3.79. The van der Waals surface area contributed by atoms with E-state index < -0.39 is 0 Å². The van der Waals surface area contributed by atoms with Crippen LogP contribution in [0.1, 0.15) is 52.7 Å². The molecule has 1 saturated carbocycles. The average molecular weight is 280 g/mol. The molecule has 2 unspecified atom stereocenters. The van der Waals surface area contributed by atoms with Gasteiger partial charge in [0.1, 0.15) is 12.4 Å². The highest BCUT2D eigenvalue weighted by atomic mass is 16.6. The van der Waals surface area contributed by atoms with Gasteiger partial charge in [-0.1, -0.05) is 27.7 Å². The molecule has 4 heteroatoms. The smallest absolute Gasteiger partial charge is 0.394 e. The maximum atomic E-state index is 5.90. The molecule has 0 amide bonds. The fourth-order valence-corrected chi connectivity index (χ4v) is 3.02. The van der Waals surface area contributed by atoms with Gasteiger partial charge in [0.15, 0.2) is 0 Å². The molecule has 1 fully saturated rings. The van der Waals surface area contributed by atoms with E-state index in [0.717, 1.165) is 43.5 Å². The van der Waals surface area contributed by atoms with Crippen LogP contribution in [0.5, 0.6) is 6.08 Å². The van der Waals surface area contributed by atoms with E-state index >= 15 is 0 Å². The lowest BCUT2D eigenvalue weighted by Gasteiger charge is -2.30. The highest BCUT2D eigenvalue weighted by Gasteiger charge is 2.26. The van der Waals surface area contributed by atoms with Crippen molar-refractivity contribution in [2.75, 3.05) is 6.54 Å². The van der Waals surface area contributed by atoms with E-state index in [0.29, 0.717) is 12.0 Å². The van der Waals surface area contributed by atoms with E-state index in [-0.39, 0.29) is 6.10 Å². The second-order valence-corrected chi connectivity index (χ2v) is 6.79. The average Bonchev–Trinajstić information content (AvgIpc) is 2.74. The summed E-state index contributed by atoms with van der Waals surface area (Å²) in [5.41, 5.74) is 0.914. The zero-order valence-corrected chi connectivity index (χ0v) is 13.2. The van der Waals surface area contributed by atoms with Crippen molar-refractivity contribution in [3.63, 3.8) is 0 Å². The van der Waals surface area contributed by atoms with E-state index in [9.17, 15) is 0 Å². The van der Waals surface area contributed by atoms with Crippen LogP contribution in [0, 0.1) is 17.8 Å². The predicted octanol–water partition coefficient (Wildman–Crippen LogP) is 3.62. The predicted molar refractivity (Wildman–Crippen MR) is 79.6 cm³/mol. The van der Waals surface area contributed by atoms with Crippen LogP contribution in [0.25, 0.3) is 0 Å². The minimum atomic E-state index is 0.254. The van der Waals surface area contributed by atoms with E-state index in [1.807, 2.05) is 0 Å². The van der Waals surface area contributed by atoms with Crippen molar-refractivity contribution >= 4 is 0 Å². The minimum absolute atomic E-state index is 0.254. The molecule has 1 aromatic heterocycles. The van der Waals surface area contributed by atoms with Crippen molar-refractivity contribution in [3.05, 3.63) is 12.0 Å². The molecule has 1 aromatic rings. The number of oxazole rings is 1. The van der Waals surface area contributed by atoms with E-state index in [1.54, 1.807) is 6.26 Å². The Morgan fingerprint density at radius 3 is 2.65 bits per heavy atom. The molecule has 1 heterocycles. The molecule has 2 rings (SSSR count). The van der Waals surface area contributed by atoms with Crippen LogP contribution in [0.3, 0.4) is 0 Å². The Labute approximate surface area is 122 Å². The summed E-state index contributed by atoms with van der Waals surface area (Å²) in [5.74, 6) is 2.10. The SMILES string of the molecule is CC(C)CNCc1coc(OC2CC(C)CC(C)C2)n1. The van der Waals surface area contributed by atoms with Gasteiger partial charge < -0.3 is 14.5 Å². The first-order valence-electron chi connectivity index (χ1n) is 7.84. The van der Waals surface area contributed by atoms with Gasteiger partial charge in [-0.2, -0.15) is 4.98 Å². The molecule has 0 radical (unpaired) electrons. The molecule has 2 atom stereocenters. The summed E-state index contributed by atoms with van der Waals surface area (Å²) in [6.45, 7) is 10.7. The monoisotopic (exact) mass is 280 g/mol. The Kier molecular flexibility index (Phi) is 5.46. The summed E-state index contributed by atoms with van der Waals surface area (Å²) in [5, 5.41) is 3.35. The number of nitrogens with zero attached hydrogens (tertiary/aromatic N) is 1. The minimum Gasteiger partial charge on any atom is -0.447 e. The maximum Gasteiger partial charge on any atom is 0.394 e. The van der Waals surface area contributed by atoms with Gasteiger partial charge in [0.25, 0.3) is 0 Å². The van der Waals surface area contributed by atoms with Gasteiger partial charge in [0.2, 0.25) is 0 Å². The largest absolute Gasteiger partial charge is 0.447 e. The van der Waals surface area contributed by atoms with Crippen molar-refractivity contribution in [2.45, 2.75) is 59.6 Å². The zero-order valence-electron chi connectivity index (χ0n) is 13.2. The van der Waals surface area contributed by atoms with Gasteiger partial charge in [-0.3, -0.25) is 0 Å². The molecule has 1 aliphatic carbocycles. The number of nitrogens with one attached hydrogen (secondary N) is 1. The van der Waals surface area contributed by atoms with Crippen molar-refractivity contribution in [3.8, 4) is 6.08 Å². The number of hydrogen-bond donors (Lipinski definition) is 1. The van der Waals surface area contributed by atoms with Gasteiger partial charge in [0, 0.05) is 6.54 Å². The highest BCUT2D eigenvalue weighted by Crippen LogP contribution is 2.31. The fourth-order valence-electron chi connectivity index (χ4n) is 3.02. The summed E-state index contributed by atoms with van der Waals surface area (Å²) < 4.78 is 11.3. The first-order chi connectivity index (χ1) is 9.52. The van der Waals surface area contributed by atoms with Gasteiger partial charge >= 0.3 is 6.08 Å². The van der Waals surface area contributed by atoms with Crippen LogP contribution in [0.4, 0.5) is 0 Å². The van der Waals surface area contributed by atoms with Crippen LogP contribution >= 0.6 is 0 Å². The van der Waals surface area contributed by atoms with E-state index in [1.165, 1.54) is 6.42 Å². The Morgan fingerprint density at radius 1 is 1.30 bits per heavy atom. The standard InChI is InChI=1S/C16H28N2O2/c1-11(2)8-17-9-14-10-19-16(18-14)20-15-6-12(3)5-13(4)7-15/h10-13,15,17H,5-9H2,1-4H3. The number of ether oxygens (including phenoxy) is 1. The first-order valence-corrected chi connectivity index (χ1v) is 7.84. The lowest BCUT2D eigenvalue weighted by Crippen LogP contribution is -2.28. The van der Waals surface area contributed by atoms with Gasteiger partial charge in [-0.05, 0) is 43.6 Å². The topological polar surface area (TPSA) is 47.3 Å². The van der Waals surface area contributed by atoms with E-state index in [2.05, 4.69) is 38.0 Å². The lowest BCUT2D eigenvalue weighted by molar-refractivity contribution is 0.0724. The molecule has 4 nitrogen and oxygen atoms in total. The normalized spacial score (nSPS) is 26.9. The molecule has 114 valence electrons. The second-order valence-electron chi connectivity index (χ2n) is 6.79. The molecule has 1 aliphatic rings. The quantitative estimate of drug-likeness (QED) is 0.864. The van der Waals surface area contributed by atoms with Crippen LogP contribution in [-0.2, 0) is 6.54 Å². The molecule has 20 heavy (non-hydrogen) atoms. The second kappa shape index (κ2) is 7.11. The Balaban J connectivity index is 1.80. The van der Waals surface area contributed by atoms with Crippen LogP contribution in [0.2, 0.25) is 0 Å². The summed E-state index contributed by atoms with van der Waals surface area (Å²) in [6, 6.07) is 0. The van der Waals surface area contributed by atoms with Crippen molar-refractivity contribution in [1.82, 2.24) is 10.3 Å². The summed E-state index contributed by atoms with van der Waals surface area (Å²) in [4.78, 5) is 4.40. The third-order valence-electron chi connectivity index (χ3n) is 3.79. The number of aromatic nitrogens is 1. The first kappa shape index (κ1) is 15.4. The van der Waals surface area contributed by atoms with Crippen LogP contribution < -0.4 is 10.1 Å². The molecule has 0 saturated heterocycles. The molecular formula is C16H28N2O2. The zero-order chi connectivity index (χ0) is 14.5. The summed E-state index contributed by atoms with van der Waals surface area (Å²) in [7, 11) is 0. The van der Waals surface area contributed by atoms with Crippen LogP contribution in [-0.4, -0.2) is 17.6 Å². The van der Waals surface area contributed by atoms with Crippen molar-refractivity contribution in [1.29, 1.82) is 0 Å². The van der Waals surface area contributed by atoms with Gasteiger partial charge in [-0.25, -0.2) is 0 Å². The number of rotatable bonds is 6. The third kappa shape index (κ3) is 4.82. The van der Waals surface area contributed by atoms with Gasteiger partial charge in [-0.15, -0.1) is 0 Å². The fraction of sp³-hybridized carbons (Fsp3) is 0.812. The maximum absolute atomic E-state index is 5.90. The Hall–Kier alpha value is -1.03. The lowest BCUT2D eigenvalue weighted by atomic mass is 9.82. The Morgan fingerprint density at radius 2 is 2.00 bits per heavy atom. The van der Waals surface area contributed by atoms with Gasteiger partial charge in [0.05, 0.1) is 5.69 Å². The molecule has 0 bridgehead atoms.